The van der Waals surface area contributed by atoms with Crippen molar-refractivity contribution >= 4 is 16.7 Å². The Morgan fingerprint density at radius 1 is 1.56 bits per heavy atom. The van der Waals surface area contributed by atoms with Gasteiger partial charge in [-0.3, -0.25) is 4.79 Å². The van der Waals surface area contributed by atoms with Crippen molar-refractivity contribution in [3.63, 3.8) is 0 Å². The average molecular weight is 250 g/mol. The third-order valence-corrected chi connectivity index (χ3v) is 3.07. The normalized spacial score (nSPS) is 12.9. The molecule has 1 unspecified atom stereocenters. The molecule has 0 saturated heterocycles. The maximum absolute atomic E-state index is 13.2. The van der Waals surface area contributed by atoms with Crippen LogP contribution in [0.5, 0.6) is 0 Å². The average Bonchev–Trinajstić information content (AvgIpc) is 2.68. The Hall–Kier alpha value is -1.72. The van der Waals surface area contributed by atoms with Gasteiger partial charge in [-0.05, 0) is 25.2 Å². The zero-order chi connectivity index (χ0) is 13.3. The maximum atomic E-state index is 13.2. The van der Waals surface area contributed by atoms with Crippen LogP contribution in [0.2, 0.25) is 0 Å². The first-order chi connectivity index (χ1) is 8.58. The molecule has 0 radical (unpaired) electrons. The summed E-state index contributed by atoms with van der Waals surface area (Å²) in [6, 6.07) is 3.66. The summed E-state index contributed by atoms with van der Waals surface area (Å²) >= 11 is 0. The molecular weight excluding hydrogens is 235 g/mol. The number of carbonyl (C=O) groups is 1. The SMILES string of the molecule is CNC(CO)C(=O)c1cn(C)c2cc(F)ccc12. The number of hydrogen-bond acceptors (Lipinski definition) is 3. The Bertz CT molecular complexity index is 588. The second kappa shape index (κ2) is 4.88. The van der Waals surface area contributed by atoms with Crippen molar-refractivity contribution in [2.75, 3.05) is 13.7 Å². The van der Waals surface area contributed by atoms with Crippen molar-refractivity contribution in [3.05, 3.63) is 35.8 Å². The molecule has 0 saturated carbocycles. The van der Waals surface area contributed by atoms with Crippen molar-refractivity contribution in [1.29, 1.82) is 0 Å². The summed E-state index contributed by atoms with van der Waals surface area (Å²) in [7, 11) is 3.37. The van der Waals surface area contributed by atoms with E-state index in [1.165, 1.54) is 12.1 Å². The van der Waals surface area contributed by atoms with Gasteiger partial charge < -0.3 is 15.0 Å². The maximum Gasteiger partial charge on any atom is 0.184 e. The minimum atomic E-state index is -0.638. The predicted molar refractivity (Wildman–Crippen MR) is 67.1 cm³/mol. The number of carbonyl (C=O) groups excluding carboxylic acids is 1. The standard InChI is InChI=1S/C13H15FN2O2/c1-15-11(7-17)13(18)10-6-16(2)12-5-8(14)3-4-9(10)12/h3-6,11,15,17H,7H2,1-2H3. The lowest BCUT2D eigenvalue weighted by Crippen LogP contribution is -2.37. The summed E-state index contributed by atoms with van der Waals surface area (Å²) < 4.78 is 14.9. The number of Topliss-reactive ketones (excluding diaryl/α,β-unsaturated/α-hetero) is 1. The molecule has 0 fully saturated rings. The summed E-state index contributed by atoms with van der Waals surface area (Å²) in [5.41, 5.74) is 1.15. The zero-order valence-electron chi connectivity index (χ0n) is 10.3. The van der Waals surface area contributed by atoms with Gasteiger partial charge in [0.05, 0.1) is 18.2 Å². The van der Waals surface area contributed by atoms with Crippen molar-refractivity contribution < 1.29 is 14.3 Å². The van der Waals surface area contributed by atoms with Gasteiger partial charge in [0.25, 0.3) is 0 Å². The fourth-order valence-corrected chi connectivity index (χ4v) is 2.05. The van der Waals surface area contributed by atoms with E-state index in [0.717, 1.165) is 0 Å². The van der Waals surface area contributed by atoms with Gasteiger partial charge in [0, 0.05) is 24.2 Å². The lowest BCUT2D eigenvalue weighted by Gasteiger charge is -2.10. The highest BCUT2D eigenvalue weighted by atomic mass is 19.1. The molecule has 1 atom stereocenters. The van der Waals surface area contributed by atoms with Crippen molar-refractivity contribution in [2.24, 2.45) is 7.05 Å². The van der Waals surface area contributed by atoms with Crippen molar-refractivity contribution in [3.8, 4) is 0 Å². The van der Waals surface area contributed by atoms with Crippen molar-refractivity contribution in [2.45, 2.75) is 6.04 Å². The Balaban J connectivity index is 2.55. The number of nitrogens with zero attached hydrogens (tertiary/aromatic N) is 1. The molecular formula is C13H15FN2O2. The van der Waals surface area contributed by atoms with Gasteiger partial charge in [0.1, 0.15) is 5.82 Å². The van der Waals surface area contributed by atoms with Crippen LogP contribution in [0.25, 0.3) is 10.9 Å². The number of fused-ring (bicyclic) bond motifs is 1. The van der Waals surface area contributed by atoms with E-state index in [9.17, 15) is 9.18 Å². The summed E-state index contributed by atoms with van der Waals surface area (Å²) in [6.45, 7) is -0.271. The number of aliphatic hydroxyl groups excluding tert-OH is 1. The molecule has 0 spiro atoms. The lowest BCUT2D eigenvalue weighted by atomic mass is 10.0. The summed E-state index contributed by atoms with van der Waals surface area (Å²) in [4.78, 5) is 12.2. The van der Waals surface area contributed by atoms with E-state index in [-0.39, 0.29) is 18.2 Å². The van der Waals surface area contributed by atoms with Crippen LogP contribution in [0, 0.1) is 5.82 Å². The molecule has 0 aliphatic carbocycles. The number of hydrogen-bond donors (Lipinski definition) is 2. The number of ketones is 1. The Morgan fingerprint density at radius 3 is 2.89 bits per heavy atom. The molecule has 5 heteroatoms. The molecule has 96 valence electrons. The summed E-state index contributed by atoms with van der Waals surface area (Å²) in [5.74, 6) is -0.535. The number of aliphatic hydroxyl groups is 1. The van der Waals surface area contributed by atoms with Crippen LogP contribution in [0.4, 0.5) is 4.39 Å². The second-order valence-corrected chi connectivity index (χ2v) is 4.20. The fourth-order valence-electron chi connectivity index (χ4n) is 2.05. The highest BCUT2D eigenvalue weighted by Gasteiger charge is 2.21. The van der Waals surface area contributed by atoms with Gasteiger partial charge in [-0.15, -0.1) is 0 Å². The predicted octanol–water partition coefficient (Wildman–Crippen LogP) is 1.08. The Kier molecular flexibility index (Phi) is 3.45. The third kappa shape index (κ3) is 2.02. The van der Waals surface area contributed by atoms with Gasteiger partial charge in [-0.25, -0.2) is 4.39 Å². The van der Waals surface area contributed by atoms with E-state index in [1.807, 2.05) is 0 Å². The number of likely N-dealkylation sites (N-methyl/N-ethyl adjacent to an activating group) is 1. The highest BCUT2D eigenvalue weighted by Crippen LogP contribution is 2.22. The third-order valence-electron chi connectivity index (χ3n) is 3.07. The molecule has 1 aromatic heterocycles. The van der Waals surface area contributed by atoms with Gasteiger partial charge in [0.2, 0.25) is 0 Å². The number of halogens is 1. The van der Waals surface area contributed by atoms with Crippen LogP contribution in [0.1, 0.15) is 10.4 Å². The van der Waals surface area contributed by atoms with E-state index in [2.05, 4.69) is 5.32 Å². The molecule has 1 aromatic carbocycles. The molecule has 2 N–H and O–H groups in total. The second-order valence-electron chi connectivity index (χ2n) is 4.20. The zero-order valence-corrected chi connectivity index (χ0v) is 10.3. The summed E-state index contributed by atoms with van der Waals surface area (Å²) in [6.07, 6.45) is 1.66. The van der Waals surface area contributed by atoms with E-state index in [1.54, 1.807) is 30.9 Å². The van der Waals surface area contributed by atoms with E-state index < -0.39 is 6.04 Å². The molecule has 1 heterocycles. The smallest absolute Gasteiger partial charge is 0.184 e. The minimum Gasteiger partial charge on any atom is -0.394 e. The molecule has 2 aromatic rings. The molecule has 4 nitrogen and oxygen atoms in total. The molecule has 0 aliphatic heterocycles. The number of nitrogens with one attached hydrogen (secondary N) is 1. The monoisotopic (exact) mass is 250 g/mol. The molecule has 18 heavy (non-hydrogen) atoms. The minimum absolute atomic E-state index is 0.197. The van der Waals surface area contributed by atoms with Crippen LogP contribution < -0.4 is 5.32 Å². The number of rotatable bonds is 4. The van der Waals surface area contributed by atoms with Gasteiger partial charge in [-0.2, -0.15) is 0 Å². The van der Waals surface area contributed by atoms with Crippen LogP contribution in [-0.4, -0.2) is 35.2 Å². The first kappa shape index (κ1) is 12.7. The van der Waals surface area contributed by atoms with E-state index >= 15 is 0 Å². The highest BCUT2D eigenvalue weighted by molar-refractivity contribution is 6.10. The first-order valence-corrected chi connectivity index (χ1v) is 5.65. The fraction of sp³-hybridized carbons (Fsp3) is 0.308. The van der Waals surface area contributed by atoms with Crippen LogP contribution in [0.3, 0.4) is 0 Å². The topological polar surface area (TPSA) is 54.3 Å². The van der Waals surface area contributed by atoms with Gasteiger partial charge in [0.15, 0.2) is 5.78 Å². The quantitative estimate of drug-likeness (QED) is 0.798. The van der Waals surface area contributed by atoms with Crippen LogP contribution in [-0.2, 0) is 7.05 Å². The van der Waals surface area contributed by atoms with Crippen LogP contribution >= 0.6 is 0 Å². The van der Waals surface area contributed by atoms with Crippen LogP contribution in [0.15, 0.2) is 24.4 Å². The van der Waals surface area contributed by atoms with Gasteiger partial charge in [-0.1, -0.05) is 0 Å². The number of benzene rings is 1. The number of aromatic nitrogens is 1. The lowest BCUT2D eigenvalue weighted by molar-refractivity contribution is 0.0906. The first-order valence-electron chi connectivity index (χ1n) is 5.65. The Morgan fingerprint density at radius 2 is 2.28 bits per heavy atom. The molecule has 2 rings (SSSR count). The molecule has 0 amide bonds. The van der Waals surface area contributed by atoms with Crippen molar-refractivity contribution in [1.82, 2.24) is 9.88 Å². The van der Waals surface area contributed by atoms with E-state index in [0.29, 0.717) is 16.5 Å². The number of aryl methyl sites for hydroxylation is 1. The summed E-state index contributed by atoms with van der Waals surface area (Å²) in [5, 5.41) is 12.6. The Labute approximate surface area is 104 Å². The van der Waals surface area contributed by atoms with Gasteiger partial charge >= 0.3 is 0 Å². The molecule has 0 bridgehead atoms. The largest absolute Gasteiger partial charge is 0.394 e. The van der Waals surface area contributed by atoms with E-state index in [4.69, 9.17) is 5.11 Å². The molecule has 0 aliphatic rings.